The number of ether oxygens (including phenoxy) is 3. The standard InChI is InChI=1S/C25H28N4O4/c1-31-20-7-4-17(5-8-20)21-9-11-24(28-27-21)29-14-12-18(13-15-29)25(30)26-19-6-10-22(32-2)23(16-19)33-3/h4-11,16,18H,12-15H2,1-3H3,(H,26,30). The van der Waals surface area contributed by atoms with Crippen LogP contribution < -0.4 is 24.4 Å². The van der Waals surface area contributed by atoms with Crippen molar-refractivity contribution in [2.45, 2.75) is 12.8 Å². The summed E-state index contributed by atoms with van der Waals surface area (Å²) in [5.74, 6) is 2.81. The number of anilines is 2. The molecule has 0 radical (unpaired) electrons. The van der Waals surface area contributed by atoms with Crippen LogP contribution >= 0.6 is 0 Å². The average molecular weight is 449 g/mol. The summed E-state index contributed by atoms with van der Waals surface area (Å²) in [6.45, 7) is 1.50. The predicted molar refractivity (Wildman–Crippen MR) is 127 cm³/mol. The van der Waals surface area contributed by atoms with Gasteiger partial charge in [0, 0.05) is 36.3 Å². The first-order valence-corrected chi connectivity index (χ1v) is 10.9. The zero-order chi connectivity index (χ0) is 23.2. The number of carbonyl (C=O) groups is 1. The van der Waals surface area contributed by atoms with Crippen LogP contribution in [0.25, 0.3) is 11.3 Å². The number of rotatable bonds is 7. The third-order valence-electron chi connectivity index (χ3n) is 5.88. The van der Waals surface area contributed by atoms with Crippen molar-refractivity contribution in [3.8, 4) is 28.5 Å². The largest absolute Gasteiger partial charge is 0.497 e. The van der Waals surface area contributed by atoms with Gasteiger partial charge in [-0.3, -0.25) is 4.79 Å². The minimum absolute atomic E-state index is 0.0165. The molecule has 1 saturated heterocycles. The Morgan fingerprint density at radius 3 is 2.21 bits per heavy atom. The lowest BCUT2D eigenvalue weighted by Gasteiger charge is -2.31. The van der Waals surface area contributed by atoms with E-state index in [4.69, 9.17) is 14.2 Å². The maximum Gasteiger partial charge on any atom is 0.227 e. The maximum atomic E-state index is 12.8. The van der Waals surface area contributed by atoms with E-state index >= 15 is 0 Å². The van der Waals surface area contributed by atoms with E-state index in [2.05, 4.69) is 20.4 Å². The molecule has 0 spiro atoms. The molecule has 2 aromatic carbocycles. The Morgan fingerprint density at radius 2 is 1.61 bits per heavy atom. The molecule has 1 N–H and O–H groups in total. The van der Waals surface area contributed by atoms with E-state index < -0.39 is 0 Å². The van der Waals surface area contributed by atoms with Gasteiger partial charge >= 0.3 is 0 Å². The highest BCUT2D eigenvalue weighted by Gasteiger charge is 2.26. The molecule has 33 heavy (non-hydrogen) atoms. The molecule has 1 fully saturated rings. The van der Waals surface area contributed by atoms with Gasteiger partial charge < -0.3 is 24.4 Å². The summed E-state index contributed by atoms with van der Waals surface area (Å²) in [6.07, 6.45) is 1.50. The number of carbonyl (C=O) groups excluding carboxylic acids is 1. The summed E-state index contributed by atoms with van der Waals surface area (Å²) >= 11 is 0. The van der Waals surface area contributed by atoms with Gasteiger partial charge in [-0.05, 0) is 61.4 Å². The molecule has 0 saturated carbocycles. The van der Waals surface area contributed by atoms with E-state index in [1.54, 1.807) is 33.5 Å². The molecule has 0 atom stereocenters. The van der Waals surface area contributed by atoms with E-state index in [1.165, 1.54) is 0 Å². The number of methoxy groups -OCH3 is 3. The van der Waals surface area contributed by atoms with Gasteiger partial charge in [-0.25, -0.2) is 0 Å². The minimum Gasteiger partial charge on any atom is -0.497 e. The van der Waals surface area contributed by atoms with Gasteiger partial charge in [-0.1, -0.05) is 0 Å². The number of benzene rings is 2. The molecular formula is C25H28N4O4. The van der Waals surface area contributed by atoms with Gasteiger partial charge in [0.05, 0.1) is 27.0 Å². The summed E-state index contributed by atoms with van der Waals surface area (Å²) < 4.78 is 15.8. The van der Waals surface area contributed by atoms with Crippen molar-refractivity contribution in [2.75, 3.05) is 44.6 Å². The number of amides is 1. The van der Waals surface area contributed by atoms with E-state index in [1.807, 2.05) is 42.5 Å². The number of hydrogen-bond donors (Lipinski definition) is 1. The molecule has 8 nitrogen and oxygen atoms in total. The average Bonchev–Trinajstić information content (AvgIpc) is 2.89. The van der Waals surface area contributed by atoms with Crippen LogP contribution in [-0.4, -0.2) is 50.5 Å². The summed E-state index contributed by atoms with van der Waals surface area (Å²) in [6, 6.07) is 17.1. The Bertz CT molecular complexity index is 1080. The maximum absolute atomic E-state index is 12.8. The number of hydrogen-bond acceptors (Lipinski definition) is 7. The van der Waals surface area contributed by atoms with Crippen molar-refractivity contribution in [3.63, 3.8) is 0 Å². The fourth-order valence-electron chi connectivity index (χ4n) is 3.94. The molecule has 8 heteroatoms. The molecule has 0 aliphatic carbocycles. The Morgan fingerprint density at radius 1 is 0.879 bits per heavy atom. The minimum atomic E-state index is -0.0547. The second kappa shape index (κ2) is 10.2. The third kappa shape index (κ3) is 5.16. The highest BCUT2D eigenvalue weighted by molar-refractivity contribution is 5.93. The van der Waals surface area contributed by atoms with E-state index in [-0.39, 0.29) is 11.8 Å². The summed E-state index contributed by atoms with van der Waals surface area (Å²) in [7, 11) is 4.80. The molecule has 2 heterocycles. The van der Waals surface area contributed by atoms with Crippen molar-refractivity contribution in [2.24, 2.45) is 5.92 Å². The molecule has 3 aromatic rings. The Labute approximate surface area is 193 Å². The summed E-state index contributed by atoms with van der Waals surface area (Å²) in [4.78, 5) is 14.9. The lowest BCUT2D eigenvalue weighted by atomic mass is 9.95. The van der Waals surface area contributed by atoms with E-state index in [0.717, 1.165) is 48.8 Å². The highest BCUT2D eigenvalue weighted by Crippen LogP contribution is 2.31. The van der Waals surface area contributed by atoms with E-state index in [0.29, 0.717) is 17.2 Å². The first kappa shape index (κ1) is 22.4. The lowest BCUT2D eigenvalue weighted by Crippen LogP contribution is -2.38. The molecule has 172 valence electrons. The highest BCUT2D eigenvalue weighted by atomic mass is 16.5. The molecule has 0 unspecified atom stereocenters. The molecular weight excluding hydrogens is 420 g/mol. The van der Waals surface area contributed by atoms with Crippen LogP contribution in [0.5, 0.6) is 17.2 Å². The van der Waals surface area contributed by atoms with Crippen LogP contribution in [0.2, 0.25) is 0 Å². The van der Waals surface area contributed by atoms with Crippen LogP contribution in [0, 0.1) is 5.92 Å². The number of piperidine rings is 1. The third-order valence-corrected chi connectivity index (χ3v) is 5.88. The molecule has 1 aromatic heterocycles. The van der Waals surface area contributed by atoms with Crippen LogP contribution in [0.15, 0.2) is 54.6 Å². The predicted octanol–water partition coefficient (Wildman–Crippen LogP) is 4.02. The van der Waals surface area contributed by atoms with Crippen LogP contribution in [0.3, 0.4) is 0 Å². The second-order valence-electron chi connectivity index (χ2n) is 7.83. The molecule has 0 bridgehead atoms. The zero-order valence-electron chi connectivity index (χ0n) is 19.1. The number of nitrogens with one attached hydrogen (secondary N) is 1. The van der Waals surface area contributed by atoms with Crippen molar-refractivity contribution in [1.82, 2.24) is 10.2 Å². The smallest absolute Gasteiger partial charge is 0.227 e. The zero-order valence-corrected chi connectivity index (χ0v) is 19.1. The van der Waals surface area contributed by atoms with Crippen molar-refractivity contribution in [1.29, 1.82) is 0 Å². The number of nitrogens with zero attached hydrogens (tertiary/aromatic N) is 3. The van der Waals surface area contributed by atoms with Crippen LogP contribution in [0.4, 0.5) is 11.5 Å². The van der Waals surface area contributed by atoms with Gasteiger partial charge in [0.1, 0.15) is 5.75 Å². The number of aromatic nitrogens is 2. The van der Waals surface area contributed by atoms with Gasteiger partial charge in [0.25, 0.3) is 0 Å². The molecule has 1 aliphatic rings. The van der Waals surface area contributed by atoms with Crippen molar-refractivity contribution < 1.29 is 19.0 Å². The van der Waals surface area contributed by atoms with Crippen LogP contribution in [0.1, 0.15) is 12.8 Å². The fraction of sp³-hybridized carbons (Fsp3) is 0.320. The Balaban J connectivity index is 1.33. The van der Waals surface area contributed by atoms with Crippen molar-refractivity contribution in [3.05, 3.63) is 54.6 Å². The van der Waals surface area contributed by atoms with Crippen molar-refractivity contribution >= 4 is 17.4 Å². The normalized spacial score (nSPS) is 14.0. The second-order valence-corrected chi connectivity index (χ2v) is 7.83. The van der Waals surface area contributed by atoms with Crippen LogP contribution in [-0.2, 0) is 4.79 Å². The molecule has 1 amide bonds. The van der Waals surface area contributed by atoms with Gasteiger partial charge in [0.15, 0.2) is 17.3 Å². The first-order valence-electron chi connectivity index (χ1n) is 10.9. The SMILES string of the molecule is COc1ccc(-c2ccc(N3CCC(C(=O)Nc4ccc(OC)c(OC)c4)CC3)nn2)cc1. The monoisotopic (exact) mass is 448 g/mol. The Kier molecular flexibility index (Phi) is 6.92. The van der Waals surface area contributed by atoms with E-state index in [9.17, 15) is 4.79 Å². The topological polar surface area (TPSA) is 85.8 Å². The molecule has 1 aliphatic heterocycles. The fourth-order valence-corrected chi connectivity index (χ4v) is 3.94. The van der Waals surface area contributed by atoms with Gasteiger partial charge in [0.2, 0.25) is 5.91 Å². The Hall–Kier alpha value is -3.81. The molecule has 4 rings (SSSR count). The van der Waals surface area contributed by atoms with Gasteiger partial charge in [-0.15, -0.1) is 10.2 Å². The summed E-state index contributed by atoms with van der Waals surface area (Å²) in [5.41, 5.74) is 2.49. The quantitative estimate of drug-likeness (QED) is 0.584. The lowest BCUT2D eigenvalue weighted by molar-refractivity contribution is -0.120. The summed E-state index contributed by atoms with van der Waals surface area (Å²) in [5, 5.41) is 11.8. The van der Waals surface area contributed by atoms with Gasteiger partial charge in [-0.2, -0.15) is 0 Å². The first-order chi connectivity index (χ1) is 16.1.